The normalized spacial score (nSPS) is 12.3. The Hall–Kier alpha value is -0.690. The van der Waals surface area contributed by atoms with Crippen molar-refractivity contribution in [1.82, 2.24) is 0 Å². The molecule has 1 atom stereocenters. The second-order valence-corrected chi connectivity index (χ2v) is 6.28. The third-order valence-corrected chi connectivity index (χ3v) is 3.90. The average molecular weight is 363 g/mol. The minimum Gasteiger partial charge on any atom is -0.463 e. The summed E-state index contributed by atoms with van der Waals surface area (Å²) in [5.41, 5.74) is 0. The maximum atomic E-state index is 11.8. The van der Waals surface area contributed by atoms with Gasteiger partial charge >= 0.3 is 5.97 Å². The molecule has 0 radical (unpaired) electrons. The molecule has 0 aliphatic rings. The third kappa shape index (κ3) is 17.9. The molecule has 0 bridgehead atoms. The smallest absolute Gasteiger partial charge is 0.305 e. The van der Waals surface area contributed by atoms with Crippen LogP contribution in [-0.2, 0) is 19.0 Å². The summed E-state index contributed by atoms with van der Waals surface area (Å²) in [4.78, 5) is 11.8. The SMILES string of the molecule is CCCCCCCCCCCC(=O)OCC(COCCO)OCCO. The molecule has 0 aliphatic carbocycles. The van der Waals surface area contributed by atoms with Crippen LogP contribution in [0.25, 0.3) is 0 Å². The van der Waals surface area contributed by atoms with Gasteiger partial charge in [-0.1, -0.05) is 58.3 Å². The Morgan fingerprint density at radius 2 is 1.44 bits per heavy atom. The van der Waals surface area contributed by atoms with Crippen LogP contribution in [0.1, 0.15) is 71.1 Å². The van der Waals surface area contributed by atoms with Gasteiger partial charge in [0.25, 0.3) is 0 Å². The van der Waals surface area contributed by atoms with Gasteiger partial charge < -0.3 is 24.4 Å². The van der Waals surface area contributed by atoms with E-state index in [2.05, 4.69) is 6.92 Å². The summed E-state index contributed by atoms with van der Waals surface area (Å²) in [5, 5.41) is 17.5. The summed E-state index contributed by atoms with van der Waals surface area (Å²) in [6.07, 6.45) is 10.9. The molecule has 2 N–H and O–H groups in total. The van der Waals surface area contributed by atoms with Gasteiger partial charge in [-0.3, -0.25) is 4.79 Å². The number of carbonyl (C=O) groups excluding carboxylic acids is 1. The lowest BCUT2D eigenvalue weighted by Crippen LogP contribution is -2.28. The number of aliphatic hydroxyl groups excluding tert-OH is 2. The summed E-state index contributed by atoms with van der Waals surface area (Å²) < 4.78 is 15.8. The molecule has 1 unspecified atom stereocenters. The van der Waals surface area contributed by atoms with E-state index in [1.807, 2.05) is 0 Å². The van der Waals surface area contributed by atoms with Gasteiger partial charge in [-0.15, -0.1) is 0 Å². The number of carbonyl (C=O) groups is 1. The topological polar surface area (TPSA) is 85.2 Å². The predicted molar refractivity (Wildman–Crippen MR) is 97.5 cm³/mol. The molecule has 25 heavy (non-hydrogen) atoms. The van der Waals surface area contributed by atoms with Crippen molar-refractivity contribution in [3.05, 3.63) is 0 Å². The first-order chi connectivity index (χ1) is 12.2. The van der Waals surface area contributed by atoms with Gasteiger partial charge in [0.2, 0.25) is 0 Å². The molecule has 0 aromatic carbocycles. The first-order valence-corrected chi connectivity index (χ1v) is 9.81. The first-order valence-electron chi connectivity index (χ1n) is 9.81. The van der Waals surface area contributed by atoms with E-state index < -0.39 is 6.10 Å². The third-order valence-electron chi connectivity index (χ3n) is 3.90. The number of ether oxygens (including phenoxy) is 3. The van der Waals surface area contributed by atoms with Crippen LogP contribution in [0.5, 0.6) is 0 Å². The van der Waals surface area contributed by atoms with Gasteiger partial charge in [0.15, 0.2) is 0 Å². The van der Waals surface area contributed by atoms with Crippen LogP contribution in [0.3, 0.4) is 0 Å². The number of esters is 1. The fourth-order valence-electron chi connectivity index (χ4n) is 2.48. The van der Waals surface area contributed by atoms with E-state index in [4.69, 9.17) is 24.4 Å². The van der Waals surface area contributed by atoms with E-state index in [9.17, 15) is 4.79 Å². The molecule has 0 aromatic rings. The van der Waals surface area contributed by atoms with E-state index >= 15 is 0 Å². The molecule has 0 heterocycles. The molecule has 6 nitrogen and oxygen atoms in total. The van der Waals surface area contributed by atoms with Gasteiger partial charge in [-0.25, -0.2) is 0 Å². The van der Waals surface area contributed by atoms with Crippen LogP contribution in [0.4, 0.5) is 0 Å². The van der Waals surface area contributed by atoms with Crippen molar-refractivity contribution in [2.24, 2.45) is 0 Å². The fraction of sp³-hybridized carbons (Fsp3) is 0.947. The molecule has 0 amide bonds. The quantitative estimate of drug-likeness (QED) is 0.271. The van der Waals surface area contributed by atoms with Crippen molar-refractivity contribution < 1.29 is 29.2 Å². The number of hydrogen-bond donors (Lipinski definition) is 2. The molecule has 150 valence electrons. The molecule has 0 saturated heterocycles. The lowest BCUT2D eigenvalue weighted by atomic mass is 10.1. The Morgan fingerprint density at radius 1 is 0.840 bits per heavy atom. The zero-order chi connectivity index (χ0) is 18.6. The van der Waals surface area contributed by atoms with Crippen LogP contribution < -0.4 is 0 Å². The highest BCUT2D eigenvalue weighted by Gasteiger charge is 2.13. The van der Waals surface area contributed by atoms with Crippen molar-refractivity contribution in [3.8, 4) is 0 Å². The van der Waals surface area contributed by atoms with Gasteiger partial charge in [-0.2, -0.15) is 0 Å². The van der Waals surface area contributed by atoms with E-state index in [0.29, 0.717) is 6.42 Å². The zero-order valence-corrected chi connectivity index (χ0v) is 15.9. The van der Waals surface area contributed by atoms with E-state index in [-0.39, 0.29) is 45.6 Å². The Bertz CT molecular complexity index is 285. The Morgan fingerprint density at radius 3 is 2.04 bits per heavy atom. The van der Waals surface area contributed by atoms with E-state index in [1.54, 1.807) is 0 Å². The second kappa shape index (κ2) is 19.6. The lowest BCUT2D eigenvalue weighted by Gasteiger charge is -2.17. The molecule has 0 rings (SSSR count). The van der Waals surface area contributed by atoms with E-state index in [0.717, 1.165) is 12.8 Å². The average Bonchev–Trinajstić information content (AvgIpc) is 2.62. The zero-order valence-electron chi connectivity index (χ0n) is 15.9. The maximum absolute atomic E-state index is 11.8. The standard InChI is InChI=1S/C19H38O6/c1-2-3-4-5-6-7-8-9-10-11-19(22)25-17-18(24-15-13-21)16-23-14-12-20/h18,20-21H,2-17H2,1H3. The Kier molecular flexibility index (Phi) is 19.1. The van der Waals surface area contributed by atoms with Gasteiger partial charge in [0, 0.05) is 6.42 Å². The van der Waals surface area contributed by atoms with Crippen molar-refractivity contribution in [1.29, 1.82) is 0 Å². The summed E-state index contributed by atoms with van der Waals surface area (Å²) >= 11 is 0. The Labute approximate surface area is 152 Å². The first kappa shape index (κ1) is 24.3. The monoisotopic (exact) mass is 362 g/mol. The fourth-order valence-corrected chi connectivity index (χ4v) is 2.48. The molecular formula is C19H38O6. The summed E-state index contributed by atoms with van der Waals surface area (Å²) in [7, 11) is 0. The van der Waals surface area contributed by atoms with Crippen molar-refractivity contribution in [3.63, 3.8) is 0 Å². The largest absolute Gasteiger partial charge is 0.463 e. The van der Waals surface area contributed by atoms with Crippen LogP contribution >= 0.6 is 0 Å². The number of hydrogen-bond acceptors (Lipinski definition) is 6. The number of rotatable bonds is 19. The summed E-state index contributed by atoms with van der Waals surface area (Å²) in [6, 6.07) is 0. The van der Waals surface area contributed by atoms with Crippen LogP contribution in [0.2, 0.25) is 0 Å². The van der Waals surface area contributed by atoms with Gasteiger partial charge in [0.05, 0.1) is 33.0 Å². The van der Waals surface area contributed by atoms with Crippen LogP contribution in [0.15, 0.2) is 0 Å². The molecule has 6 heteroatoms. The van der Waals surface area contributed by atoms with Crippen molar-refractivity contribution in [2.45, 2.75) is 77.2 Å². The lowest BCUT2D eigenvalue weighted by molar-refractivity contribution is -0.150. The van der Waals surface area contributed by atoms with Gasteiger partial charge in [-0.05, 0) is 6.42 Å². The predicted octanol–water partition coefficient (Wildman–Crippen LogP) is 2.84. The molecule has 0 fully saturated rings. The molecule has 0 aliphatic heterocycles. The Balaban J connectivity index is 3.60. The van der Waals surface area contributed by atoms with Crippen LogP contribution in [0, 0.1) is 0 Å². The van der Waals surface area contributed by atoms with Crippen molar-refractivity contribution >= 4 is 5.97 Å². The minimum absolute atomic E-state index is 0.0644. The highest BCUT2D eigenvalue weighted by atomic mass is 16.6. The molecule has 0 spiro atoms. The molecular weight excluding hydrogens is 324 g/mol. The van der Waals surface area contributed by atoms with Gasteiger partial charge in [0.1, 0.15) is 12.7 Å². The highest BCUT2D eigenvalue weighted by Crippen LogP contribution is 2.11. The molecule has 0 aromatic heterocycles. The minimum atomic E-state index is -0.411. The van der Waals surface area contributed by atoms with Crippen molar-refractivity contribution in [2.75, 3.05) is 39.6 Å². The van der Waals surface area contributed by atoms with Crippen LogP contribution in [-0.4, -0.2) is 61.9 Å². The maximum Gasteiger partial charge on any atom is 0.305 e. The highest BCUT2D eigenvalue weighted by molar-refractivity contribution is 5.69. The molecule has 0 saturated carbocycles. The van der Waals surface area contributed by atoms with E-state index in [1.165, 1.54) is 44.9 Å². The summed E-state index contributed by atoms with van der Waals surface area (Å²) in [6.45, 7) is 2.79. The number of unbranched alkanes of at least 4 members (excludes halogenated alkanes) is 8. The second-order valence-electron chi connectivity index (χ2n) is 6.28. The summed E-state index contributed by atoms with van der Waals surface area (Å²) in [5.74, 6) is -0.220. The number of aliphatic hydroxyl groups is 2.